The van der Waals surface area contributed by atoms with Crippen LogP contribution in [-0.2, 0) is 21.2 Å². The zero-order valence-electron chi connectivity index (χ0n) is 16.7. The quantitative estimate of drug-likeness (QED) is 0.653. The molecule has 0 aromatic heterocycles. The van der Waals surface area contributed by atoms with Crippen LogP contribution in [0.3, 0.4) is 0 Å². The first-order valence-corrected chi connectivity index (χ1v) is 12.2. The van der Waals surface area contributed by atoms with Crippen molar-refractivity contribution in [3.8, 4) is 0 Å². The molecule has 4 bridgehead atoms. The van der Waals surface area contributed by atoms with E-state index >= 15 is 0 Å². The first-order chi connectivity index (χ1) is 13.4. The molecule has 1 aromatic carbocycles. The summed E-state index contributed by atoms with van der Waals surface area (Å²) < 4.78 is 27.3. The lowest BCUT2D eigenvalue weighted by Crippen LogP contribution is -2.48. The van der Waals surface area contributed by atoms with Gasteiger partial charge in [0.2, 0.25) is 15.9 Å². The van der Waals surface area contributed by atoms with E-state index in [9.17, 15) is 13.2 Å². The van der Waals surface area contributed by atoms with Crippen LogP contribution in [0.1, 0.15) is 57.4 Å². The number of aryl methyl sites for hydroxylation is 1. The molecule has 28 heavy (non-hydrogen) atoms. The van der Waals surface area contributed by atoms with Crippen molar-refractivity contribution in [2.24, 2.45) is 23.2 Å². The Kier molecular flexibility index (Phi) is 5.53. The molecule has 154 valence electrons. The van der Waals surface area contributed by atoms with Crippen molar-refractivity contribution >= 4 is 15.9 Å². The molecule has 4 aliphatic carbocycles. The fourth-order valence-electron chi connectivity index (χ4n) is 6.28. The molecule has 1 amide bonds. The van der Waals surface area contributed by atoms with E-state index in [2.05, 4.69) is 10.0 Å². The summed E-state index contributed by atoms with van der Waals surface area (Å²) in [6.07, 6.45) is 9.27. The summed E-state index contributed by atoms with van der Waals surface area (Å²) in [6.45, 7) is 2.58. The van der Waals surface area contributed by atoms with Gasteiger partial charge in [-0.1, -0.05) is 19.1 Å². The fraction of sp³-hybridized carbons (Fsp3) is 0.682. The fourth-order valence-corrected chi connectivity index (χ4v) is 7.32. The van der Waals surface area contributed by atoms with Gasteiger partial charge >= 0.3 is 0 Å². The summed E-state index contributed by atoms with van der Waals surface area (Å²) in [4.78, 5) is 12.8. The van der Waals surface area contributed by atoms with E-state index < -0.39 is 10.0 Å². The Bertz CT molecular complexity index is 781. The Balaban J connectivity index is 1.23. The summed E-state index contributed by atoms with van der Waals surface area (Å²) >= 11 is 0. The zero-order valence-corrected chi connectivity index (χ0v) is 17.6. The zero-order chi connectivity index (χ0) is 19.8. The van der Waals surface area contributed by atoms with Crippen molar-refractivity contribution in [2.45, 2.75) is 63.2 Å². The smallest absolute Gasteiger partial charge is 0.240 e. The van der Waals surface area contributed by atoms with Crippen LogP contribution in [0.2, 0.25) is 0 Å². The minimum absolute atomic E-state index is 0.0773. The molecule has 4 fully saturated rings. The molecule has 1 aromatic rings. The summed E-state index contributed by atoms with van der Waals surface area (Å²) in [5, 5.41) is 2.93. The van der Waals surface area contributed by atoms with Gasteiger partial charge in [-0.05, 0) is 85.8 Å². The third-order valence-electron chi connectivity index (χ3n) is 7.08. The Morgan fingerprint density at radius 3 is 2.11 bits per heavy atom. The minimum Gasteiger partial charge on any atom is -0.355 e. The molecule has 0 heterocycles. The minimum atomic E-state index is -3.53. The lowest BCUT2D eigenvalue weighted by Gasteiger charge is -2.56. The largest absolute Gasteiger partial charge is 0.355 e. The van der Waals surface area contributed by atoms with Gasteiger partial charge in [0.1, 0.15) is 0 Å². The van der Waals surface area contributed by atoms with Gasteiger partial charge in [0.15, 0.2) is 0 Å². The molecule has 0 unspecified atom stereocenters. The van der Waals surface area contributed by atoms with Crippen LogP contribution < -0.4 is 10.0 Å². The molecule has 0 radical (unpaired) electrons. The molecule has 4 saturated carbocycles. The van der Waals surface area contributed by atoms with Crippen molar-refractivity contribution in [1.29, 1.82) is 0 Å². The van der Waals surface area contributed by atoms with E-state index in [4.69, 9.17) is 0 Å². The number of hydrogen-bond donors (Lipinski definition) is 2. The maximum atomic E-state index is 12.5. The molecule has 4 aliphatic rings. The lowest BCUT2D eigenvalue weighted by molar-refractivity contribution is -0.129. The summed E-state index contributed by atoms with van der Waals surface area (Å²) in [5.74, 6) is 2.59. The maximum absolute atomic E-state index is 12.5. The number of carbonyl (C=O) groups is 1. The van der Waals surface area contributed by atoms with Crippen molar-refractivity contribution in [3.05, 3.63) is 29.8 Å². The third-order valence-corrected chi connectivity index (χ3v) is 8.56. The highest BCUT2D eigenvalue weighted by Gasteiger charge is 2.51. The van der Waals surface area contributed by atoms with E-state index in [-0.39, 0.29) is 22.8 Å². The van der Waals surface area contributed by atoms with E-state index in [0.717, 1.165) is 29.7 Å². The van der Waals surface area contributed by atoms with Gasteiger partial charge < -0.3 is 5.32 Å². The lowest BCUT2D eigenvalue weighted by atomic mass is 9.49. The van der Waals surface area contributed by atoms with Gasteiger partial charge in [-0.3, -0.25) is 4.79 Å². The van der Waals surface area contributed by atoms with Gasteiger partial charge in [-0.15, -0.1) is 0 Å². The molecule has 6 heteroatoms. The van der Waals surface area contributed by atoms with Crippen LogP contribution in [-0.4, -0.2) is 27.4 Å². The number of sulfonamides is 1. The van der Waals surface area contributed by atoms with Crippen LogP contribution >= 0.6 is 0 Å². The second-order valence-corrected chi connectivity index (χ2v) is 11.1. The van der Waals surface area contributed by atoms with Crippen LogP contribution in [0.25, 0.3) is 0 Å². The number of nitrogens with one attached hydrogen (secondary N) is 2. The first kappa shape index (κ1) is 19.9. The Hall–Kier alpha value is -1.40. The molecule has 0 atom stereocenters. The second-order valence-electron chi connectivity index (χ2n) is 9.34. The Morgan fingerprint density at radius 2 is 1.57 bits per heavy atom. The Labute approximate surface area is 168 Å². The van der Waals surface area contributed by atoms with E-state index in [1.54, 1.807) is 12.1 Å². The maximum Gasteiger partial charge on any atom is 0.240 e. The van der Waals surface area contributed by atoms with E-state index in [0.29, 0.717) is 13.0 Å². The molecule has 0 spiro atoms. The van der Waals surface area contributed by atoms with Crippen LogP contribution in [0, 0.1) is 23.2 Å². The Morgan fingerprint density at radius 1 is 1.00 bits per heavy atom. The molecule has 5 nitrogen and oxygen atoms in total. The standard InChI is InChI=1S/C22H32N2O3S/c1-2-16-3-5-20(6-4-16)28(26,27)24-8-7-23-21(25)15-22-12-17-9-18(13-22)11-19(10-17)14-22/h3-6,17-19,24H,2,7-15H2,1H3,(H,23,25). The van der Waals surface area contributed by atoms with Crippen molar-refractivity contribution < 1.29 is 13.2 Å². The molecule has 2 N–H and O–H groups in total. The third kappa shape index (κ3) is 4.28. The highest BCUT2D eigenvalue weighted by atomic mass is 32.2. The van der Waals surface area contributed by atoms with Gasteiger partial charge in [-0.2, -0.15) is 0 Å². The van der Waals surface area contributed by atoms with Crippen LogP contribution in [0.4, 0.5) is 0 Å². The second kappa shape index (κ2) is 7.79. The van der Waals surface area contributed by atoms with Gasteiger partial charge in [0, 0.05) is 19.5 Å². The van der Waals surface area contributed by atoms with Gasteiger partial charge in [-0.25, -0.2) is 13.1 Å². The average molecular weight is 405 g/mol. The number of rotatable bonds is 8. The number of amides is 1. The van der Waals surface area contributed by atoms with Crippen molar-refractivity contribution in [1.82, 2.24) is 10.0 Å². The van der Waals surface area contributed by atoms with Crippen molar-refractivity contribution in [2.75, 3.05) is 13.1 Å². The number of benzene rings is 1. The number of carbonyl (C=O) groups excluding carboxylic acids is 1. The monoisotopic (exact) mass is 404 g/mol. The highest BCUT2D eigenvalue weighted by molar-refractivity contribution is 7.89. The van der Waals surface area contributed by atoms with Crippen LogP contribution in [0.5, 0.6) is 0 Å². The van der Waals surface area contributed by atoms with Gasteiger partial charge in [0.05, 0.1) is 4.90 Å². The summed E-state index contributed by atoms with van der Waals surface area (Å²) in [5.41, 5.74) is 1.33. The van der Waals surface area contributed by atoms with Crippen molar-refractivity contribution in [3.63, 3.8) is 0 Å². The number of hydrogen-bond acceptors (Lipinski definition) is 3. The highest BCUT2D eigenvalue weighted by Crippen LogP contribution is 2.61. The summed E-state index contributed by atoms with van der Waals surface area (Å²) in [6, 6.07) is 6.93. The van der Waals surface area contributed by atoms with Gasteiger partial charge in [0.25, 0.3) is 0 Å². The topological polar surface area (TPSA) is 75.3 Å². The predicted molar refractivity (Wildman–Crippen MR) is 109 cm³/mol. The molecule has 5 rings (SSSR count). The van der Waals surface area contributed by atoms with E-state index in [1.165, 1.54) is 38.5 Å². The molecule has 0 saturated heterocycles. The van der Waals surface area contributed by atoms with Crippen LogP contribution in [0.15, 0.2) is 29.2 Å². The summed E-state index contributed by atoms with van der Waals surface area (Å²) in [7, 11) is -3.53. The molecular formula is C22H32N2O3S. The SMILES string of the molecule is CCc1ccc(S(=O)(=O)NCCNC(=O)CC23CC4CC(CC(C4)C2)C3)cc1. The first-order valence-electron chi connectivity index (χ1n) is 10.7. The normalized spacial score (nSPS) is 31.1. The molecular weight excluding hydrogens is 372 g/mol. The average Bonchev–Trinajstić information content (AvgIpc) is 2.64. The van der Waals surface area contributed by atoms with E-state index in [1.807, 2.05) is 19.1 Å². The predicted octanol–water partition coefficient (Wildman–Crippen LogP) is 3.25. The molecule has 0 aliphatic heterocycles.